The summed E-state index contributed by atoms with van der Waals surface area (Å²) in [4.78, 5) is 14.8. The minimum absolute atomic E-state index is 0.0421. The van der Waals surface area contributed by atoms with E-state index in [1.54, 1.807) is 33.1 Å². The van der Waals surface area contributed by atoms with Gasteiger partial charge in [0.2, 0.25) is 0 Å². The fourth-order valence-electron chi connectivity index (χ4n) is 3.96. The van der Waals surface area contributed by atoms with Crippen LogP contribution in [-0.4, -0.2) is 50.7 Å². The molecule has 0 spiro atoms. The lowest BCUT2D eigenvalue weighted by atomic mass is 10.1. The van der Waals surface area contributed by atoms with Crippen molar-refractivity contribution in [2.45, 2.75) is 38.6 Å². The lowest BCUT2D eigenvalue weighted by molar-refractivity contribution is -0.141. The Labute approximate surface area is 209 Å². The summed E-state index contributed by atoms with van der Waals surface area (Å²) in [5.74, 6) is 2.19. The molecule has 0 bridgehead atoms. The van der Waals surface area contributed by atoms with E-state index in [0.29, 0.717) is 39.6 Å². The molecular weight excluding hydrogens is 562 g/mol. The smallest absolute Gasteiger partial charge is 0.433 e. The van der Waals surface area contributed by atoms with Crippen molar-refractivity contribution in [3.8, 4) is 11.5 Å². The van der Waals surface area contributed by atoms with Crippen LogP contribution in [0.4, 0.5) is 19.0 Å². The van der Waals surface area contributed by atoms with Crippen LogP contribution in [0.15, 0.2) is 30.5 Å². The molecule has 1 aliphatic rings. The second-order valence-electron chi connectivity index (χ2n) is 8.20. The van der Waals surface area contributed by atoms with Crippen molar-refractivity contribution < 1.29 is 22.6 Å². The van der Waals surface area contributed by atoms with Crippen molar-refractivity contribution in [1.29, 1.82) is 0 Å². The molecule has 3 heterocycles. The van der Waals surface area contributed by atoms with Crippen LogP contribution in [-0.2, 0) is 6.18 Å². The number of fused-ring (bicyclic) bond motifs is 1. The zero-order valence-electron chi connectivity index (χ0n) is 19.0. The molecule has 0 aliphatic carbocycles. The monoisotopic (exact) mass is 587 g/mol. The summed E-state index contributed by atoms with van der Waals surface area (Å²) in [5, 5.41) is 3.94. The third kappa shape index (κ3) is 5.45. The normalized spacial score (nSPS) is 17.7. The molecule has 11 heteroatoms. The number of likely N-dealkylation sites (tertiary alicyclic amines) is 1. The van der Waals surface area contributed by atoms with Crippen LogP contribution in [0, 0.1) is 6.92 Å². The molecule has 2 atom stereocenters. The average Bonchev–Trinajstić information content (AvgIpc) is 3.26. The number of aryl methyl sites for hydroxylation is 1. The Morgan fingerprint density at radius 1 is 1.24 bits per heavy atom. The predicted molar refractivity (Wildman–Crippen MR) is 132 cm³/mol. The summed E-state index contributed by atoms with van der Waals surface area (Å²) in [7, 11) is 1.58. The van der Waals surface area contributed by atoms with Gasteiger partial charge >= 0.3 is 6.18 Å². The lowest BCUT2D eigenvalue weighted by Gasteiger charge is -2.20. The van der Waals surface area contributed by atoms with E-state index in [2.05, 4.69) is 47.8 Å². The molecule has 1 aromatic carbocycles. The maximum absolute atomic E-state index is 13.1. The molecule has 1 saturated heterocycles. The van der Waals surface area contributed by atoms with Gasteiger partial charge in [-0.1, -0.05) is 22.6 Å². The van der Waals surface area contributed by atoms with Gasteiger partial charge in [0, 0.05) is 30.7 Å². The molecule has 2 aromatic heterocycles. The number of aromatic nitrogens is 3. The van der Waals surface area contributed by atoms with Crippen molar-refractivity contribution in [3.63, 3.8) is 0 Å². The second kappa shape index (κ2) is 10.1. The van der Waals surface area contributed by atoms with Gasteiger partial charge in [0.05, 0.1) is 23.2 Å². The Kier molecular flexibility index (Phi) is 7.31. The number of methoxy groups -OCH3 is 1. The molecule has 1 aliphatic heterocycles. The quantitative estimate of drug-likeness (QED) is 0.226. The van der Waals surface area contributed by atoms with Crippen molar-refractivity contribution >= 4 is 39.3 Å². The first-order chi connectivity index (χ1) is 16.2. The first-order valence-electron chi connectivity index (χ1n) is 10.8. The van der Waals surface area contributed by atoms with Gasteiger partial charge in [0.1, 0.15) is 23.4 Å². The Morgan fingerprint density at radius 3 is 2.71 bits per heavy atom. The van der Waals surface area contributed by atoms with E-state index in [-0.39, 0.29) is 6.10 Å². The number of ether oxygens (including phenoxy) is 2. The molecule has 3 aromatic rings. The van der Waals surface area contributed by atoms with Crippen molar-refractivity contribution in [2.75, 3.05) is 30.1 Å². The van der Waals surface area contributed by atoms with Crippen LogP contribution in [0.1, 0.15) is 36.5 Å². The van der Waals surface area contributed by atoms with Crippen LogP contribution in [0.25, 0.3) is 10.9 Å². The summed E-state index contributed by atoms with van der Waals surface area (Å²) in [5.41, 5.74) is 0.166. The fraction of sp³-hybridized carbons (Fsp3) is 0.435. The minimum Gasteiger partial charge on any atom is -0.493 e. The van der Waals surface area contributed by atoms with Crippen LogP contribution in [0.3, 0.4) is 0 Å². The van der Waals surface area contributed by atoms with Gasteiger partial charge in [-0.3, -0.25) is 9.88 Å². The molecule has 7 nitrogen and oxygen atoms in total. The van der Waals surface area contributed by atoms with E-state index in [1.807, 2.05) is 6.07 Å². The van der Waals surface area contributed by atoms with Crippen LogP contribution < -0.4 is 14.8 Å². The molecule has 1 N–H and O–H groups in total. The third-order valence-electron chi connectivity index (χ3n) is 5.71. The summed E-state index contributed by atoms with van der Waals surface area (Å²) in [6.07, 6.45) is -2.39. The number of benzene rings is 1. The SMILES string of the molecule is COc1cc2nc(C)nc(N[C@H](C)c3ccnc(C(F)(F)F)c3)c2cc1OC1CCN(CI)C1. The van der Waals surface area contributed by atoms with Crippen LogP contribution >= 0.6 is 22.6 Å². The average molecular weight is 587 g/mol. The van der Waals surface area contributed by atoms with Crippen molar-refractivity contribution in [3.05, 3.63) is 47.5 Å². The number of nitrogens with one attached hydrogen (secondary N) is 1. The van der Waals surface area contributed by atoms with Crippen LogP contribution in [0.5, 0.6) is 11.5 Å². The summed E-state index contributed by atoms with van der Waals surface area (Å²) in [6, 6.07) is 5.78. The van der Waals surface area contributed by atoms with Crippen molar-refractivity contribution in [1.82, 2.24) is 19.9 Å². The van der Waals surface area contributed by atoms with E-state index in [1.165, 1.54) is 0 Å². The predicted octanol–water partition coefficient (Wildman–Crippen LogP) is 5.38. The molecule has 0 saturated carbocycles. The second-order valence-corrected chi connectivity index (χ2v) is 8.89. The van der Waals surface area contributed by atoms with E-state index >= 15 is 0 Å². The molecule has 0 radical (unpaired) electrons. The fourth-order valence-corrected chi connectivity index (χ4v) is 4.58. The van der Waals surface area contributed by atoms with Gasteiger partial charge in [-0.25, -0.2) is 9.97 Å². The highest BCUT2D eigenvalue weighted by atomic mass is 127. The van der Waals surface area contributed by atoms with Gasteiger partial charge < -0.3 is 14.8 Å². The highest BCUT2D eigenvalue weighted by Gasteiger charge is 2.33. The third-order valence-corrected chi connectivity index (χ3v) is 6.68. The molecule has 34 heavy (non-hydrogen) atoms. The maximum atomic E-state index is 13.1. The number of halogens is 4. The molecule has 0 amide bonds. The van der Waals surface area contributed by atoms with Gasteiger partial charge in [0.15, 0.2) is 11.5 Å². The number of anilines is 1. The Balaban J connectivity index is 1.67. The van der Waals surface area contributed by atoms with E-state index in [9.17, 15) is 13.2 Å². The number of alkyl halides is 4. The minimum atomic E-state index is -4.51. The van der Waals surface area contributed by atoms with Crippen LogP contribution in [0.2, 0.25) is 0 Å². The number of pyridine rings is 1. The number of rotatable bonds is 7. The summed E-state index contributed by atoms with van der Waals surface area (Å²) >= 11 is 2.34. The van der Waals surface area contributed by atoms with Gasteiger partial charge in [0.25, 0.3) is 0 Å². The van der Waals surface area contributed by atoms with Crippen molar-refractivity contribution in [2.24, 2.45) is 0 Å². The summed E-state index contributed by atoms with van der Waals surface area (Å²) < 4.78 is 52.1. The summed E-state index contributed by atoms with van der Waals surface area (Å²) in [6.45, 7) is 5.34. The molecule has 1 unspecified atom stereocenters. The first-order valence-corrected chi connectivity index (χ1v) is 12.3. The molecule has 1 fully saturated rings. The number of hydrogen-bond acceptors (Lipinski definition) is 7. The highest BCUT2D eigenvalue weighted by Crippen LogP contribution is 2.37. The Bertz CT molecular complexity index is 1180. The number of hydrogen-bond donors (Lipinski definition) is 1. The molecule has 4 rings (SSSR count). The first kappa shape index (κ1) is 24.7. The van der Waals surface area contributed by atoms with Gasteiger partial charge in [-0.2, -0.15) is 13.2 Å². The standard InChI is InChI=1S/C23H25F3IN5O2/c1-13(15-4-6-28-21(8-15)23(24,25)26)29-22-17-9-20(34-16-5-7-32(11-16)12-27)19(33-3)10-18(17)30-14(2)31-22/h4,6,8-10,13,16H,5,7,11-12H2,1-3H3,(H,29,30,31)/t13-,16?/m1/s1. The Hall–Kier alpha value is -2.41. The molecular formula is C23H25F3IN5O2. The Morgan fingerprint density at radius 2 is 2.03 bits per heavy atom. The van der Waals surface area contributed by atoms with E-state index in [4.69, 9.17) is 9.47 Å². The lowest BCUT2D eigenvalue weighted by Crippen LogP contribution is -2.23. The largest absolute Gasteiger partial charge is 0.493 e. The highest BCUT2D eigenvalue weighted by molar-refractivity contribution is 14.1. The van der Waals surface area contributed by atoms with Gasteiger partial charge in [-0.15, -0.1) is 0 Å². The zero-order chi connectivity index (χ0) is 24.5. The number of nitrogens with zero attached hydrogens (tertiary/aromatic N) is 4. The molecule has 182 valence electrons. The van der Waals surface area contributed by atoms with E-state index < -0.39 is 17.9 Å². The van der Waals surface area contributed by atoms with Gasteiger partial charge in [-0.05, 0) is 44.0 Å². The zero-order valence-corrected chi connectivity index (χ0v) is 21.1. The topological polar surface area (TPSA) is 72.4 Å². The van der Waals surface area contributed by atoms with E-state index in [0.717, 1.165) is 36.3 Å². The maximum Gasteiger partial charge on any atom is 0.433 e.